The van der Waals surface area contributed by atoms with Crippen LogP contribution in [0.5, 0.6) is 0 Å². The lowest BCUT2D eigenvalue weighted by Crippen LogP contribution is -2.53. The Kier molecular flexibility index (Phi) is 9.19. The molecule has 3 aromatic rings. The first kappa shape index (κ1) is 26.7. The van der Waals surface area contributed by atoms with E-state index in [2.05, 4.69) is 11.4 Å². The number of amides is 1. The monoisotopic (exact) mass is 520 g/mol. The van der Waals surface area contributed by atoms with Gasteiger partial charge in [-0.1, -0.05) is 72.8 Å². The largest absolute Gasteiger partial charge is 0.480 e. The third-order valence-corrected chi connectivity index (χ3v) is 7.83. The van der Waals surface area contributed by atoms with E-state index in [1.807, 2.05) is 66.7 Å². The summed E-state index contributed by atoms with van der Waals surface area (Å²) in [6.45, 7) is 1.87. The second-order valence-corrected chi connectivity index (χ2v) is 10.3. The number of thioether (sulfide) groups is 1. The quantitative estimate of drug-likeness (QED) is 0.389. The van der Waals surface area contributed by atoms with Gasteiger partial charge < -0.3 is 14.7 Å². The lowest BCUT2D eigenvalue weighted by atomic mass is 10.0. The van der Waals surface area contributed by atoms with Crippen molar-refractivity contribution in [3.05, 3.63) is 83.9 Å². The number of carbonyl (C=O) groups is 3. The van der Waals surface area contributed by atoms with Crippen LogP contribution in [0.3, 0.4) is 0 Å². The zero-order valence-electron chi connectivity index (χ0n) is 20.8. The van der Waals surface area contributed by atoms with E-state index in [1.165, 1.54) is 4.90 Å². The number of hydrogen-bond donors (Lipinski definition) is 2. The second-order valence-electron chi connectivity index (χ2n) is 9.05. The number of esters is 1. The fourth-order valence-corrected chi connectivity index (χ4v) is 6.04. The van der Waals surface area contributed by atoms with Crippen molar-refractivity contribution in [2.45, 2.75) is 37.1 Å². The summed E-state index contributed by atoms with van der Waals surface area (Å²) >= 11 is 1.61. The summed E-state index contributed by atoms with van der Waals surface area (Å²) in [5.41, 5.74) is 2.15. The number of nitrogens with one attached hydrogen (secondary N) is 1. The van der Waals surface area contributed by atoms with Gasteiger partial charge in [-0.2, -0.15) is 0 Å². The molecule has 3 aromatic carbocycles. The van der Waals surface area contributed by atoms with E-state index in [-0.39, 0.29) is 24.3 Å². The number of carboxylic acids is 1. The van der Waals surface area contributed by atoms with E-state index in [1.54, 1.807) is 18.7 Å². The maximum atomic E-state index is 13.5. The van der Waals surface area contributed by atoms with Crippen LogP contribution in [-0.2, 0) is 25.5 Å². The molecule has 1 saturated heterocycles. The van der Waals surface area contributed by atoms with Gasteiger partial charge in [0.1, 0.15) is 12.6 Å². The summed E-state index contributed by atoms with van der Waals surface area (Å²) in [6, 6.07) is 22.6. The highest BCUT2D eigenvalue weighted by atomic mass is 32.2. The lowest BCUT2D eigenvalue weighted by molar-refractivity contribution is -0.148. The van der Waals surface area contributed by atoms with Gasteiger partial charge in [-0.15, -0.1) is 11.8 Å². The average molecular weight is 521 g/mol. The van der Waals surface area contributed by atoms with Gasteiger partial charge in [-0.05, 0) is 41.7 Å². The van der Waals surface area contributed by atoms with Gasteiger partial charge >= 0.3 is 11.9 Å². The van der Waals surface area contributed by atoms with Crippen molar-refractivity contribution in [3.8, 4) is 0 Å². The van der Waals surface area contributed by atoms with Gasteiger partial charge in [0.15, 0.2) is 0 Å². The van der Waals surface area contributed by atoms with Crippen molar-refractivity contribution < 1.29 is 24.2 Å². The number of hydrogen-bond acceptors (Lipinski definition) is 6. The molecule has 8 heteroatoms. The molecule has 0 bridgehead atoms. The topological polar surface area (TPSA) is 95.9 Å². The third kappa shape index (κ3) is 6.90. The van der Waals surface area contributed by atoms with E-state index in [0.29, 0.717) is 18.6 Å². The minimum atomic E-state index is -1.07. The number of aryl methyl sites for hydroxylation is 1. The van der Waals surface area contributed by atoms with Crippen molar-refractivity contribution in [1.82, 2.24) is 10.2 Å². The molecule has 1 heterocycles. The minimum absolute atomic E-state index is 0.105. The van der Waals surface area contributed by atoms with Crippen molar-refractivity contribution in [1.29, 1.82) is 0 Å². The Hall–Kier alpha value is -3.36. The van der Waals surface area contributed by atoms with Crippen LogP contribution in [0.15, 0.2) is 72.8 Å². The standard InChI is InChI=1S/C29H32N2O5S/c1-2-36-29(35)24(16-15-20-9-4-3-5-10-20)30-25-19-37-26(17-31(28(25)34)18-27(32)33)23-14-8-12-21-11-6-7-13-22(21)23/h3-14,24-26,30H,2,15-19H2,1H3,(H,32,33). The predicted octanol–water partition coefficient (Wildman–Crippen LogP) is 4.06. The normalized spacial score (nSPS) is 18.8. The maximum absolute atomic E-state index is 13.5. The molecule has 2 N–H and O–H groups in total. The van der Waals surface area contributed by atoms with Gasteiger partial charge in [-0.3, -0.25) is 19.7 Å². The molecule has 0 aromatic heterocycles. The van der Waals surface area contributed by atoms with Crippen LogP contribution in [0.2, 0.25) is 0 Å². The van der Waals surface area contributed by atoms with Crippen molar-refractivity contribution >= 4 is 40.4 Å². The van der Waals surface area contributed by atoms with Crippen molar-refractivity contribution in [2.75, 3.05) is 25.4 Å². The van der Waals surface area contributed by atoms with E-state index in [9.17, 15) is 19.5 Å². The molecule has 37 heavy (non-hydrogen) atoms. The highest BCUT2D eigenvalue weighted by Crippen LogP contribution is 2.37. The zero-order valence-corrected chi connectivity index (χ0v) is 21.7. The Morgan fingerprint density at radius 1 is 1.08 bits per heavy atom. The molecule has 0 aliphatic carbocycles. The molecular weight excluding hydrogens is 488 g/mol. The van der Waals surface area contributed by atoms with Crippen molar-refractivity contribution in [3.63, 3.8) is 0 Å². The summed E-state index contributed by atoms with van der Waals surface area (Å²) in [6.07, 6.45) is 1.10. The molecular formula is C29H32N2O5S. The summed E-state index contributed by atoms with van der Waals surface area (Å²) < 4.78 is 5.30. The fourth-order valence-electron chi connectivity index (χ4n) is 4.70. The van der Waals surface area contributed by atoms with E-state index < -0.39 is 30.6 Å². The number of fused-ring (bicyclic) bond motifs is 1. The maximum Gasteiger partial charge on any atom is 0.323 e. The summed E-state index contributed by atoms with van der Waals surface area (Å²) in [7, 11) is 0. The van der Waals surface area contributed by atoms with Crippen LogP contribution in [0, 0.1) is 0 Å². The molecule has 0 radical (unpaired) electrons. The molecule has 1 fully saturated rings. The highest BCUT2D eigenvalue weighted by Gasteiger charge is 2.36. The van der Waals surface area contributed by atoms with Gasteiger partial charge in [0.25, 0.3) is 0 Å². The summed E-state index contributed by atoms with van der Waals surface area (Å²) in [4.78, 5) is 39.4. The van der Waals surface area contributed by atoms with Gasteiger partial charge in [-0.25, -0.2) is 0 Å². The molecule has 1 aliphatic rings. The Morgan fingerprint density at radius 3 is 2.57 bits per heavy atom. The van der Waals surface area contributed by atoms with Gasteiger partial charge in [0.2, 0.25) is 5.91 Å². The summed E-state index contributed by atoms with van der Waals surface area (Å²) in [5.74, 6) is -1.38. The molecule has 1 amide bonds. The number of carbonyl (C=O) groups excluding carboxylic acids is 2. The minimum Gasteiger partial charge on any atom is -0.480 e. The molecule has 1 aliphatic heterocycles. The van der Waals surface area contributed by atoms with Gasteiger partial charge in [0, 0.05) is 17.5 Å². The SMILES string of the molecule is CCOC(=O)C(CCc1ccccc1)NC1CSC(c2cccc3ccccc23)CN(CC(=O)O)C1=O. The molecule has 7 nitrogen and oxygen atoms in total. The average Bonchev–Trinajstić information content (AvgIpc) is 3.05. The number of benzene rings is 3. The van der Waals surface area contributed by atoms with Gasteiger partial charge in [0.05, 0.1) is 12.6 Å². The molecule has 3 unspecified atom stereocenters. The number of aliphatic carboxylic acids is 1. The fraction of sp³-hybridized carbons (Fsp3) is 0.345. The van der Waals surface area contributed by atoms with Crippen LogP contribution < -0.4 is 5.32 Å². The Morgan fingerprint density at radius 2 is 1.81 bits per heavy atom. The predicted molar refractivity (Wildman–Crippen MR) is 145 cm³/mol. The highest BCUT2D eigenvalue weighted by molar-refractivity contribution is 7.99. The number of nitrogens with zero attached hydrogens (tertiary/aromatic N) is 1. The second kappa shape index (κ2) is 12.7. The number of rotatable bonds is 10. The van der Waals surface area contributed by atoms with Crippen LogP contribution >= 0.6 is 11.8 Å². The van der Waals surface area contributed by atoms with Crippen molar-refractivity contribution in [2.24, 2.45) is 0 Å². The number of carboxylic acid groups (broad SMARTS) is 1. The molecule has 4 rings (SSSR count). The first-order chi connectivity index (χ1) is 18.0. The zero-order chi connectivity index (χ0) is 26.2. The first-order valence-electron chi connectivity index (χ1n) is 12.5. The molecule has 0 spiro atoms. The smallest absolute Gasteiger partial charge is 0.323 e. The van der Waals surface area contributed by atoms with E-state index in [4.69, 9.17) is 4.74 Å². The van der Waals surface area contributed by atoms with E-state index in [0.717, 1.165) is 21.9 Å². The third-order valence-electron chi connectivity index (χ3n) is 6.49. The Bertz CT molecular complexity index is 1230. The Balaban J connectivity index is 1.57. The van der Waals surface area contributed by atoms with Crippen LogP contribution in [0.1, 0.15) is 29.7 Å². The first-order valence-corrected chi connectivity index (χ1v) is 13.6. The number of ether oxygens (including phenoxy) is 1. The Labute approximate surface area is 221 Å². The summed E-state index contributed by atoms with van der Waals surface area (Å²) in [5, 5.41) is 14.9. The molecule has 3 atom stereocenters. The molecule has 194 valence electrons. The van der Waals surface area contributed by atoms with Crippen LogP contribution in [0.25, 0.3) is 10.8 Å². The van der Waals surface area contributed by atoms with Crippen LogP contribution in [-0.4, -0.2) is 65.4 Å². The molecule has 0 saturated carbocycles. The lowest BCUT2D eigenvalue weighted by Gasteiger charge is -2.27. The van der Waals surface area contributed by atoms with Crippen LogP contribution in [0.4, 0.5) is 0 Å². The van der Waals surface area contributed by atoms with E-state index >= 15 is 0 Å².